The molecule has 160 valence electrons. The number of alkyl halides is 2. The van der Waals surface area contributed by atoms with Crippen LogP contribution in [0.15, 0.2) is 6.33 Å². The molecule has 10 nitrogen and oxygen atoms in total. The van der Waals surface area contributed by atoms with Gasteiger partial charge in [-0.1, -0.05) is 11.6 Å². The fraction of sp³-hybridized carbons (Fsp3) is 0.667. The molecule has 2 N–H and O–H groups in total. The molecular formula is C15H20ClFN5O5PS. The molecule has 2 aromatic heterocycles. The van der Waals surface area contributed by atoms with Crippen LogP contribution in [0.4, 0.5) is 10.3 Å². The zero-order valence-corrected chi connectivity index (χ0v) is 18.3. The molecule has 5 atom stereocenters. The highest BCUT2D eigenvalue weighted by Crippen LogP contribution is 2.61. The van der Waals surface area contributed by atoms with E-state index in [-0.39, 0.29) is 30.2 Å². The van der Waals surface area contributed by atoms with Gasteiger partial charge in [-0.2, -0.15) is 9.97 Å². The molecule has 4 rings (SSSR count). The van der Waals surface area contributed by atoms with E-state index < -0.39 is 30.3 Å². The van der Waals surface area contributed by atoms with Crippen molar-refractivity contribution in [2.75, 3.05) is 18.9 Å². The van der Waals surface area contributed by atoms with Crippen molar-refractivity contribution in [3.05, 3.63) is 6.33 Å². The molecule has 4 heterocycles. The minimum absolute atomic E-state index is 0.0164. The highest BCUT2D eigenvalue weighted by Gasteiger charge is 2.62. The minimum Gasteiger partial charge on any atom is -0.476 e. The minimum atomic E-state index is -3.16. The predicted molar refractivity (Wildman–Crippen MR) is 106 cm³/mol. The number of hydrogen-bond donors (Lipinski definition) is 1. The van der Waals surface area contributed by atoms with Crippen molar-refractivity contribution in [3.8, 4) is 5.88 Å². The van der Waals surface area contributed by atoms with Crippen molar-refractivity contribution in [1.82, 2.24) is 19.5 Å². The van der Waals surface area contributed by atoms with Crippen LogP contribution in [0.25, 0.3) is 11.2 Å². The number of nitrogens with zero attached hydrogens (tertiary/aromatic N) is 4. The number of nitrogen functional groups attached to an aromatic ring is 1. The van der Waals surface area contributed by atoms with Crippen molar-refractivity contribution in [2.45, 2.75) is 50.4 Å². The summed E-state index contributed by atoms with van der Waals surface area (Å²) in [6.45, 7) is 2.52. The monoisotopic (exact) mass is 467 g/mol. The predicted octanol–water partition coefficient (Wildman–Crippen LogP) is 2.67. The number of halogens is 2. The lowest BCUT2D eigenvalue weighted by Crippen LogP contribution is -2.43. The number of fused-ring (bicyclic) bond motifs is 2. The first-order valence-corrected chi connectivity index (χ1v) is 11.9. The second kappa shape index (κ2) is 7.52. The van der Waals surface area contributed by atoms with E-state index >= 15 is 4.39 Å². The van der Waals surface area contributed by atoms with Crippen LogP contribution >= 0.6 is 18.3 Å². The second-order valence-electron chi connectivity index (χ2n) is 6.77. The molecule has 0 saturated carbocycles. The van der Waals surface area contributed by atoms with Gasteiger partial charge in [0.15, 0.2) is 17.4 Å². The zero-order chi connectivity index (χ0) is 21.0. The Morgan fingerprint density at radius 3 is 2.97 bits per heavy atom. The zero-order valence-electron chi connectivity index (χ0n) is 15.8. The fourth-order valence-corrected chi connectivity index (χ4v) is 6.16. The lowest BCUT2D eigenvalue weighted by Gasteiger charge is -2.35. The van der Waals surface area contributed by atoms with Crippen molar-refractivity contribution in [2.24, 2.45) is 0 Å². The largest absolute Gasteiger partial charge is 0.476 e. The third-order valence-electron chi connectivity index (χ3n) is 4.27. The van der Waals surface area contributed by atoms with Gasteiger partial charge in [0.2, 0.25) is 11.8 Å². The lowest BCUT2D eigenvalue weighted by atomic mass is 10.1. The van der Waals surface area contributed by atoms with E-state index in [0.29, 0.717) is 12.1 Å². The molecule has 0 spiro atoms. The summed E-state index contributed by atoms with van der Waals surface area (Å²) in [5.74, 6) is 0.126. The normalized spacial score (nSPS) is 34.6. The summed E-state index contributed by atoms with van der Waals surface area (Å²) in [5.41, 5.74) is 6.28. The van der Waals surface area contributed by atoms with E-state index in [1.807, 2.05) is 0 Å². The molecule has 2 aliphatic rings. The Kier molecular flexibility index (Phi) is 5.48. The van der Waals surface area contributed by atoms with E-state index in [4.69, 9.17) is 52.2 Å². The van der Waals surface area contributed by atoms with Crippen LogP contribution < -0.4 is 10.5 Å². The lowest BCUT2D eigenvalue weighted by molar-refractivity contribution is -0.0635. The van der Waals surface area contributed by atoms with Crippen molar-refractivity contribution in [3.63, 3.8) is 0 Å². The number of nitrogens with two attached hydrogens (primary N) is 1. The molecule has 0 aromatic carbocycles. The van der Waals surface area contributed by atoms with Crippen molar-refractivity contribution < 1.29 is 27.4 Å². The average Bonchev–Trinajstić information content (AvgIpc) is 3.13. The number of anilines is 1. The third kappa shape index (κ3) is 3.71. The first-order chi connectivity index (χ1) is 13.6. The van der Waals surface area contributed by atoms with Gasteiger partial charge in [0.1, 0.15) is 12.2 Å². The summed E-state index contributed by atoms with van der Waals surface area (Å²) in [5, 5.41) is -2.49. The van der Waals surface area contributed by atoms with Crippen LogP contribution in [0.3, 0.4) is 0 Å². The van der Waals surface area contributed by atoms with Crippen LogP contribution in [-0.2, 0) is 30.1 Å². The summed E-state index contributed by atoms with van der Waals surface area (Å²) in [6, 6.07) is 0. The maximum atomic E-state index is 15.8. The molecule has 5 unspecified atom stereocenters. The van der Waals surface area contributed by atoms with Gasteiger partial charge in [0.25, 0.3) is 5.13 Å². The van der Waals surface area contributed by atoms with Crippen molar-refractivity contribution >= 4 is 47.2 Å². The third-order valence-corrected chi connectivity index (χ3v) is 7.13. The van der Waals surface area contributed by atoms with E-state index in [2.05, 4.69) is 15.0 Å². The highest BCUT2D eigenvalue weighted by atomic mass is 35.5. The number of imidazole rings is 1. The molecular weight excluding hydrogens is 448 g/mol. The molecule has 2 saturated heterocycles. The van der Waals surface area contributed by atoms with Crippen LogP contribution in [-0.4, -0.2) is 56.2 Å². The standard InChI is InChI=1S/C15H20ClFN5O5PS/c1-4-23-12-9-11(20-14(18)21-12)22(6-19-9)13-15(16,17)10-8(25-13)5-24-28(29,27-10)26-7(2)3/h6-8,10,13H,4-5H2,1-3H3,(H2,18,20,21). The first-order valence-electron chi connectivity index (χ1n) is 8.92. The summed E-state index contributed by atoms with van der Waals surface area (Å²) >= 11 is 11.6. The molecule has 0 bridgehead atoms. The SMILES string of the molecule is CCOc1nc(N)nc2c1ncn2C1OC2COP(=S)(OC(C)C)OC2C1(F)Cl. The summed E-state index contributed by atoms with van der Waals surface area (Å²) in [7, 11) is 0. The summed E-state index contributed by atoms with van der Waals surface area (Å²) in [6.07, 6.45) is -2.24. The number of hydrogen-bond acceptors (Lipinski definition) is 10. The first kappa shape index (κ1) is 21.1. The fourth-order valence-electron chi connectivity index (χ4n) is 3.20. The van der Waals surface area contributed by atoms with Crippen LogP contribution in [0, 0.1) is 0 Å². The Balaban J connectivity index is 1.70. The Bertz CT molecular complexity index is 978. The average molecular weight is 468 g/mol. The van der Waals surface area contributed by atoms with Crippen LogP contribution in [0.2, 0.25) is 0 Å². The van der Waals surface area contributed by atoms with Gasteiger partial charge >= 0.3 is 6.72 Å². The number of aromatic nitrogens is 4. The molecule has 2 aliphatic heterocycles. The molecule has 29 heavy (non-hydrogen) atoms. The molecule has 0 aliphatic carbocycles. The Morgan fingerprint density at radius 2 is 2.28 bits per heavy atom. The summed E-state index contributed by atoms with van der Waals surface area (Å²) in [4.78, 5) is 12.4. The number of rotatable bonds is 5. The Hall–Kier alpha value is -1.14. The molecule has 2 fully saturated rings. The van der Waals surface area contributed by atoms with Gasteiger partial charge in [-0.15, -0.1) is 0 Å². The molecule has 0 radical (unpaired) electrons. The van der Waals surface area contributed by atoms with E-state index in [1.165, 1.54) is 10.9 Å². The maximum absolute atomic E-state index is 15.8. The van der Waals surface area contributed by atoms with E-state index in [1.54, 1.807) is 20.8 Å². The Labute approximate surface area is 176 Å². The van der Waals surface area contributed by atoms with Gasteiger partial charge in [-0.3, -0.25) is 9.09 Å². The summed E-state index contributed by atoms with van der Waals surface area (Å²) < 4.78 is 45.1. The highest BCUT2D eigenvalue weighted by molar-refractivity contribution is 8.07. The molecule has 0 amide bonds. The molecule has 14 heteroatoms. The van der Waals surface area contributed by atoms with Gasteiger partial charge < -0.3 is 24.3 Å². The topological polar surface area (TPSA) is 116 Å². The molecule has 2 aromatic rings. The van der Waals surface area contributed by atoms with Crippen LogP contribution in [0.1, 0.15) is 27.0 Å². The van der Waals surface area contributed by atoms with E-state index in [0.717, 1.165) is 0 Å². The maximum Gasteiger partial charge on any atom is 0.328 e. The quantitative estimate of drug-likeness (QED) is 0.519. The van der Waals surface area contributed by atoms with Gasteiger partial charge in [0, 0.05) is 0 Å². The second-order valence-corrected chi connectivity index (χ2v) is 10.3. The van der Waals surface area contributed by atoms with Gasteiger partial charge in [-0.25, -0.2) is 9.37 Å². The van der Waals surface area contributed by atoms with Crippen molar-refractivity contribution in [1.29, 1.82) is 0 Å². The van der Waals surface area contributed by atoms with E-state index in [9.17, 15) is 0 Å². The van der Waals surface area contributed by atoms with Gasteiger partial charge in [-0.05, 0) is 32.6 Å². The van der Waals surface area contributed by atoms with Gasteiger partial charge in [0.05, 0.1) is 25.6 Å². The van der Waals surface area contributed by atoms with Crippen LogP contribution in [0.5, 0.6) is 5.88 Å². The smallest absolute Gasteiger partial charge is 0.328 e. The number of ether oxygens (including phenoxy) is 2. The Morgan fingerprint density at radius 1 is 1.52 bits per heavy atom.